The third-order valence-corrected chi connectivity index (χ3v) is 4.42. The fourth-order valence-corrected chi connectivity index (χ4v) is 3.68. The molecule has 14 heavy (non-hydrogen) atoms. The second-order valence-corrected chi connectivity index (χ2v) is 5.29. The van der Waals surface area contributed by atoms with Gasteiger partial charge in [-0.2, -0.15) is 0 Å². The molecule has 0 aromatic rings. The summed E-state index contributed by atoms with van der Waals surface area (Å²) in [6.45, 7) is 5.60. The van der Waals surface area contributed by atoms with Crippen molar-refractivity contribution < 1.29 is 0 Å². The number of nitrogens with two attached hydrogens (primary N) is 1. The highest BCUT2D eigenvalue weighted by atomic mass is 15.0. The number of nitrogens with one attached hydrogen (secondary N) is 1. The summed E-state index contributed by atoms with van der Waals surface area (Å²) in [6.07, 6.45) is 5.48. The summed E-state index contributed by atoms with van der Waals surface area (Å²) in [4.78, 5) is 0. The molecule has 2 rings (SSSR count). The Labute approximate surface area is 87.6 Å². The van der Waals surface area contributed by atoms with Gasteiger partial charge in [-0.15, -0.1) is 0 Å². The van der Waals surface area contributed by atoms with Gasteiger partial charge in [-0.1, -0.05) is 13.3 Å². The second-order valence-electron chi connectivity index (χ2n) is 5.29. The van der Waals surface area contributed by atoms with Crippen LogP contribution in [-0.4, -0.2) is 18.6 Å². The average molecular weight is 196 g/mol. The maximum absolute atomic E-state index is 5.70. The van der Waals surface area contributed by atoms with Gasteiger partial charge in [0.15, 0.2) is 0 Å². The van der Waals surface area contributed by atoms with Crippen molar-refractivity contribution in [3.8, 4) is 0 Å². The molecule has 1 aliphatic heterocycles. The zero-order valence-electron chi connectivity index (χ0n) is 9.50. The van der Waals surface area contributed by atoms with Crippen molar-refractivity contribution in [3.05, 3.63) is 0 Å². The highest BCUT2D eigenvalue weighted by molar-refractivity contribution is 4.99. The molecular formula is C12H24N2. The zero-order valence-corrected chi connectivity index (χ0v) is 9.50. The first-order valence-corrected chi connectivity index (χ1v) is 6.20. The van der Waals surface area contributed by atoms with E-state index in [4.69, 9.17) is 5.73 Å². The summed E-state index contributed by atoms with van der Waals surface area (Å²) < 4.78 is 0. The topological polar surface area (TPSA) is 38.0 Å². The minimum Gasteiger partial charge on any atom is -0.330 e. The van der Waals surface area contributed by atoms with Crippen molar-refractivity contribution in [3.63, 3.8) is 0 Å². The third-order valence-electron chi connectivity index (χ3n) is 4.42. The standard InChI is InChI=1S/C12H24N2/c1-8-4-3-5-11-10(6-7-13)9(2)14-12(8)11/h8-12,14H,3-7,13H2,1-2H3. The highest BCUT2D eigenvalue weighted by Crippen LogP contribution is 2.41. The molecule has 0 radical (unpaired) electrons. The van der Waals surface area contributed by atoms with Crippen LogP contribution in [0.3, 0.4) is 0 Å². The Morgan fingerprint density at radius 1 is 1.29 bits per heavy atom. The molecular weight excluding hydrogens is 172 g/mol. The average Bonchev–Trinajstić information content (AvgIpc) is 2.47. The summed E-state index contributed by atoms with van der Waals surface area (Å²) in [5.41, 5.74) is 5.70. The van der Waals surface area contributed by atoms with Gasteiger partial charge >= 0.3 is 0 Å². The van der Waals surface area contributed by atoms with Crippen molar-refractivity contribution in [1.82, 2.24) is 5.32 Å². The minimum absolute atomic E-state index is 0.689. The molecule has 5 atom stereocenters. The minimum atomic E-state index is 0.689. The fourth-order valence-electron chi connectivity index (χ4n) is 3.68. The van der Waals surface area contributed by atoms with E-state index in [9.17, 15) is 0 Å². The quantitative estimate of drug-likeness (QED) is 0.706. The number of hydrogen-bond acceptors (Lipinski definition) is 2. The molecule has 1 aliphatic carbocycles. The van der Waals surface area contributed by atoms with Gasteiger partial charge in [0.2, 0.25) is 0 Å². The first-order chi connectivity index (χ1) is 6.74. The van der Waals surface area contributed by atoms with Crippen molar-refractivity contribution in [1.29, 1.82) is 0 Å². The maximum Gasteiger partial charge on any atom is 0.0127 e. The molecule has 1 saturated carbocycles. The molecule has 2 nitrogen and oxygen atoms in total. The lowest BCUT2D eigenvalue weighted by Gasteiger charge is -2.33. The van der Waals surface area contributed by atoms with Crippen LogP contribution in [-0.2, 0) is 0 Å². The van der Waals surface area contributed by atoms with Gasteiger partial charge in [-0.05, 0) is 50.5 Å². The van der Waals surface area contributed by atoms with E-state index in [1.54, 1.807) is 0 Å². The molecule has 0 bridgehead atoms. The van der Waals surface area contributed by atoms with Crippen LogP contribution in [0, 0.1) is 17.8 Å². The Balaban J connectivity index is 2.05. The van der Waals surface area contributed by atoms with Gasteiger partial charge in [0.25, 0.3) is 0 Å². The normalized spacial score (nSPS) is 47.8. The molecule has 2 aliphatic rings. The van der Waals surface area contributed by atoms with Gasteiger partial charge < -0.3 is 11.1 Å². The predicted molar refractivity (Wildman–Crippen MR) is 60.1 cm³/mol. The van der Waals surface area contributed by atoms with Gasteiger partial charge in [0.1, 0.15) is 0 Å². The van der Waals surface area contributed by atoms with Gasteiger partial charge in [-0.3, -0.25) is 0 Å². The van der Waals surface area contributed by atoms with Crippen LogP contribution in [0.15, 0.2) is 0 Å². The first kappa shape index (κ1) is 10.4. The molecule has 5 unspecified atom stereocenters. The molecule has 0 amide bonds. The first-order valence-electron chi connectivity index (χ1n) is 6.20. The van der Waals surface area contributed by atoms with Crippen molar-refractivity contribution in [2.45, 2.75) is 51.6 Å². The van der Waals surface area contributed by atoms with E-state index in [1.807, 2.05) is 0 Å². The summed E-state index contributed by atoms with van der Waals surface area (Å²) in [7, 11) is 0. The zero-order chi connectivity index (χ0) is 10.1. The molecule has 82 valence electrons. The number of rotatable bonds is 2. The number of hydrogen-bond donors (Lipinski definition) is 2. The molecule has 0 spiro atoms. The summed E-state index contributed by atoms with van der Waals surface area (Å²) in [5.74, 6) is 2.63. The van der Waals surface area contributed by atoms with Crippen molar-refractivity contribution >= 4 is 0 Å². The van der Waals surface area contributed by atoms with Crippen molar-refractivity contribution in [2.75, 3.05) is 6.54 Å². The molecule has 2 heteroatoms. The molecule has 1 heterocycles. The predicted octanol–water partition coefficient (Wildman–Crippen LogP) is 1.75. The van der Waals surface area contributed by atoms with E-state index >= 15 is 0 Å². The van der Waals surface area contributed by atoms with Crippen LogP contribution in [0.25, 0.3) is 0 Å². The van der Waals surface area contributed by atoms with Crippen LogP contribution >= 0.6 is 0 Å². The molecule has 0 aromatic carbocycles. The summed E-state index contributed by atoms with van der Waals surface area (Å²) in [5, 5.41) is 3.78. The van der Waals surface area contributed by atoms with Crippen LogP contribution in [0.5, 0.6) is 0 Å². The largest absolute Gasteiger partial charge is 0.330 e. The van der Waals surface area contributed by atoms with Crippen LogP contribution in [0.2, 0.25) is 0 Å². The van der Waals surface area contributed by atoms with E-state index < -0.39 is 0 Å². The molecule has 2 fully saturated rings. The maximum atomic E-state index is 5.70. The lowest BCUT2D eigenvalue weighted by molar-refractivity contribution is 0.208. The van der Waals surface area contributed by atoms with Gasteiger partial charge in [-0.25, -0.2) is 0 Å². The molecule has 0 aromatic heterocycles. The fraction of sp³-hybridized carbons (Fsp3) is 1.00. The lowest BCUT2D eigenvalue weighted by Crippen LogP contribution is -2.38. The SMILES string of the molecule is CC1CCCC2C(CCN)C(C)NC12. The van der Waals surface area contributed by atoms with E-state index in [0.29, 0.717) is 6.04 Å². The Morgan fingerprint density at radius 3 is 2.79 bits per heavy atom. The Hall–Kier alpha value is -0.0800. The summed E-state index contributed by atoms with van der Waals surface area (Å²) in [6, 6.07) is 1.48. The Bertz CT molecular complexity index is 193. The van der Waals surface area contributed by atoms with Gasteiger partial charge in [0, 0.05) is 12.1 Å². The van der Waals surface area contributed by atoms with Crippen LogP contribution < -0.4 is 11.1 Å². The highest BCUT2D eigenvalue weighted by Gasteiger charge is 2.43. The lowest BCUT2D eigenvalue weighted by atomic mass is 9.73. The smallest absolute Gasteiger partial charge is 0.0127 e. The summed E-state index contributed by atoms with van der Waals surface area (Å²) >= 11 is 0. The van der Waals surface area contributed by atoms with Crippen LogP contribution in [0.1, 0.15) is 39.5 Å². The van der Waals surface area contributed by atoms with E-state index in [0.717, 1.165) is 30.3 Å². The molecule has 1 saturated heterocycles. The second kappa shape index (κ2) is 4.19. The Kier molecular flexibility index (Phi) is 3.13. The van der Waals surface area contributed by atoms with Crippen molar-refractivity contribution in [2.24, 2.45) is 23.5 Å². The van der Waals surface area contributed by atoms with E-state index in [2.05, 4.69) is 19.2 Å². The third kappa shape index (κ3) is 1.70. The van der Waals surface area contributed by atoms with E-state index in [1.165, 1.54) is 25.7 Å². The monoisotopic (exact) mass is 196 g/mol. The van der Waals surface area contributed by atoms with Crippen LogP contribution in [0.4, 0.5) is 0 Å². The van der Waals surface area contributed by atoms with E-state index in [-0.39, 0.29) is 0 Å². The Morgan fingerprint density at radius 2 is 2.07 bits per heavy atom. The molecule has 3 N–H and O–H groups in total. The van der Waals surface area contributed by atoms with Gasteiger partial charge in [0.05, 0.1) is 0 Å². The number of fused-ring (bicyclic) bond motifs is 1.